The molecule has 0 aromatic heterocycles. The molecule has 0 saturated heterocycles. The summed E-state index contributed by atoms with van der Waals surface area (Å²) in [4.78, 5) is 15.9. The van der Waals surface area contributed by atoms with Gasteiger partial charge < -0.3 is 9.64 Å². The van der Waals surface area contributed by atoms with Crippen molar-refractivity contribution >= 4 is 11.6 Å². The maximum absolute atomic E-state index is 12.3. The maximum atomic E-state index is 12.3. The molecule has 0 aliphatic carbocycles. The monoisotopic (exact) mass is 312 g/mol. The summed E-state index contributed by atoms with van der Waals surface area (Å²) in [6.07, 6.45) is 0. The Morgan fingerprint density at radius 3 is 2.30 bits per heavy atom. The third kappa shape index (κ3) is 5.42. The predicted octanol–water partition coefficient (Wildman–Crippen LogP) is 2.97. The Morgan fingerprint density at radius 1 is 1.00 bits per heavy atom. The van der Waals surface area contributed by atoms with Gasteiger partial charge in [0.2, 0.25) is 5.91 Å². The fourth-order valence-corrected chi connectivity index (χ4v) is 2.17. The number of anilines is 1. The van der Waals surface area contributed by atoms with Crippen molar-refractivity contribution in [3.05, 3.63) is 60.2 Å². The van der Waals surface area contributed by atoms with Gasteiger partial charge >= 0.3 is 0 Å². The number of likely N-dealkylation sites (N-methyl/N-ethyl adjacent to an activating group) is 2. The van der Waals surface area contributed by atoms with Crippen molar-refractivity contribution in [3.63, 3.8) is 0 Å². The molecule has 0 unspecified atom stereocenters. The highest BCUT2D eigenvalue weighted by Gasteiger charge is 2.13. The fraction of sp³-hybridized carbons (Fsp3) is 0.316. The van der Waals surface area contributed by atoms with E-state index in [1.54, 1.807) is 11.9 Å². The maximum Gasteiger partial charge on any atom is 0.240 e. The van der Waals surface area contributed by atoms with Crippen LogP contribution < -0.4 is 9.64 Å². The number of benzene rings is 2. The molecule has 0 aliphatic rings. The second-order valence-corrected chi connectivity index (χ2v) is 5.69. The van der Waals surface area contributed by atoms with E-state index in [2.05, 4.69) is 0 Å². The van der Waals surface area contributed by atoms with Crippen molar-refractivity contribution < 1.29 is 9.53 Å². The van der Waals surface area contributed by atoms with Gasteiger partial charge in [0.25, 0.3) is 0 Å². The van der Waals surface area contributed by atoms with E-state index < -0.39 is 0 Å². The van der Waals surface area contributed by atoms with Crippen LogP contribution in [-0.2, 0) is 4.79 Å². The van der Waals surface area contributed by atoms with Gasteiger partial charge in [-0.3, -0.25) is 9.69 Å². The van der Waals surface area contributed by atoms with E-state index in [4.69, 9.17) is 4.74 Å². The van der Waals surface area contributed by atoms with Gasteiger partial charge in [-0.1, -0.05) is 35.9 Å². The Labute approximate surface area is 138 Å². The Kier molecular flexibility index (Phi) is 6.18. The number of rotatable bonds is 7. The molecule has 0 spiro atoms. The number of carbonyl (C=O) groups is 1. The molecule has 0 fully saturated rings. The third-order valence-corrected chi connectivity index (χ3v) is 3.69. The molecule has 0 radical (unpaired) electrons. The lowest BCUT2D eigenvalue weighted by molar-refractivity contribution is -0.119. The van der Waals surface area contributed by atoms with E-state index in [9.17, 15) is 4.79 Å². The van der Waals surface area contributed by atoms with Crippen LogP contribution in [0.5, 0.6) is 5.75 Å². The molecule has 0 heterocycles. The van der Waals surface area contributed by atoms with Crippen LogP contribution in [0.15, 0.2) is 54.6 Å². The molecule has 0 saturated carbocycles. The number of hydrogen-bond donors (Lipinski definition) is 0. The normalized spacial score (nSPS) is 10.6. The van der Waals surface area contributed by atoms with Gasteiger partial charge in [-0.25, -0.2) is 0 Å². The fourth-order valence-electron chi connectivity index (χ4n) is 2.17. The quantitative estimate of drug-likeness (QED) is 0.788. The van der Waals surface area contributed by atoms with Crippen LogP contribution in [0, 0.1) is 6.92 Å². The number of aryl methyl sites for hydroxylation is 1. The largest absolute Gasteiger partial charge is 0.492 e. The molecule has 2 aromatic rings. The summed E-state index contributed by atoms with van der Waals surface area (Å²) in [6, 6.07) is 17.6. The van der Waals surface area contributed by atoms with E-state index in [1.807, 2.05) is 73.5 Å². The first-order valence-electron chi connectivity index (χ1n) is 7.76. The average molecular weight is 312 g/mol. The van der Waals surface area contributed by atoms with Crippen molar-refractivity contribution in [3.8, 4) is 5.75 Å². The van der Waals surface area contributed by atoms with Crippen LogP contribution >= 0.6 is 0 Å². The van der Waals surface area contributed by atoms with Gasteiger partial charge in [-0.2, -0.15) is 0 Å². The van der Waals surface area contributed by atoms with Gasteiger partial charge in [0.15, 0.2) is 0 Å². The zero-order chi connectivity index (χ0) is 16.7. The van der Waals surface area contributed by atoms with Crippen LogP contribution in [0.25, 0.3) is 0 Å². The molecule has 0 N–H and O–H groups in total. The Bertz CT molecular complexity index is 611. The van der Waals surface area contributed by atoms with E-state index in [-0.39, 0.29) is 5.91 Å². The molecule has 4 heteroatoms. The van der Waals surface area contributed by atoms with Crippen molar-refractivity contribution in [1.29, 1.82) is 0 Å². The SMILES string of the molecule is Cc1ccc(OCCN(C)CC(=O)N(C)c2ccccc2)cc1. The van der Waals surface area contributed by atoms with Crippen molar-refractivity contribution in [2.75, 3.05) is 38.7 Å². The number of hydrogen-bond acceptors (Lipinski definition) is 3. The summed E-state index contributed by atoms with van der Waals surface area (Å²) in [5.41, 5.74) is 2.12. The Morgan fingerprint density at radius 2 is 1.65 bits per heavy atom. The van der Waals surface area contributed by atoms with Crippen LogP contribution in [0.3, 0.4) is 0 Å². The lowest BCUT2D eigenvalue weighted by Gasteiger charge is -2.22. The minimum Gasteiger partial charge on any atom is -0.492 e. The zero-order valence-corrected chi connectivity index (χ0v) is 14.0. The third-order valence-electron chi connectivity index (χ3n) is 3.69. The van der Waals surface area contributed by atoms with Gasteiger partial charge in [0.1, 0.15) is 12.4 Å². The smallest absolute Gasteiger partial charge is 0.240 e. The van der Waals surface area contributed by atoms with Gasteiger partial charge in [0.05, 0.1) is 6.54 Å². The molecule has 2 rings (SSSR count). The standard InChI is InChI=1S/C19H24N2O2/c1-16-9-11-18(12-10-16)23-14-13-20(2)15-19(22)21(3)17-7-5-4-6-8-17/h4-12H,13-15H2,1-3H3. The Balaban J connectivity index is 1.74. The molecule has 0 atom stereocenters. The number of para-hydroxylation sites is 1. The second kappa shape index (κ2) is 8.34. The summed E-state index contributed by atoms with van der Waals surface area (Å²) in [6.45, 7) is 3.67. The van der Waals surface area contributed by atoms with Gasteiger partial charge in [0, 0.05) is 19.3 Å². The zero-order valence-electron chi connectivity index (χ0n) is 14.0. The number of ether oxygens (including phenoxy) is 1. The average Bonchev–Trinajstić information content (AvgIpc) is 2.56. The molecule has 23 heavy (non-hydrogen) atoms. The molecule has 122 valence electrons. The van der Waals surface area contributed by atoms with E-state index in [0.717, 1.165) is 11.4 Å². The minimum absolute atomic E-state index is 0.0639. The van der Waals surface area contributed by atoms with Gasteiger partial charge in [-0.15, -0.1) is 0 Å². The molecule has 0 aliphatic heterocycles. The van der Waals surface area contributed by atoms with Crippen LogP contribution in [0.4, 0.5) is 5.69 Å². The summed E-state index contributed by atoms with van der Waals surface area (Å²) in [5, 5.41) is 0. The van der Waals surface area contributed by atoms with Crippen LogP contribution in [-0.4, -0.2) is 44.6 Å². The van der Waals surface area contributed by atoms with Crippen molar-refractivity contribution in [2.45, 2.75) is 6.92 Å². The lowest BCUT2D eigenvalue weighted by Crippen LogP contribution is -2.38. The van der Waals surface area contributed by atoms with Gasteiger partial charge in [-0.05, 0) is 38.2 Å². The Hall–Kier alpha value is -2.33. The molecular formula is C19H24N2O2. The summed E-state index contributed by atoms with van der Waals surface area (Å²) < 4.78 is 5.69. The molecule has 2 aromatic carbocycles. The highest BCUT2D eigenvalue weighted by Crippen LogP contribution is 2.12. The molecular weight excluding hydrogens is 288 g/mol. The first-order valence-corrected chi connectivity index (χ1v) is 7.76. The number of carbonyl (C=O) groups excluding carboxylic acids is 1. The van der Waals surface area contributed by atoms with E-state index in [0.29, 0.717) is 19.7 Å². The summed E-state index contributed by atoms with van der Waals surface area (Å²) in [7, 11) is 3.73. The first-order chi connectivity index (χ1) is 11.1. The first kappa shape index (κ1) is 17.0. The molecule has 1 amide bonds. The van der Waals surface area contributed by atoms with Crippen LogP contribution in [0.1, 0.15) is 5.56 Å². The number of amides is 1. The predicted molar refractivity (Wildman–Crippen MR) is 94.0 cm³/mol. The lowest BCUT2D eigenvalue weighted by atomic mass is 10.2. The summed E-state index contributed by atoms with van der Waals surface area (Å²) in [5.74, 6) is 0.922. The highest BCUT2D eigenvalue weighted by atomic mass is 16.5. The molecule has 4 nitrogen and oxygen atoms in total. The summed E-state index contributed by atoms with van der Waals surface area (Å²) >= 11 is 0. The van der Waals surface area contributed by atoms with Crippen LogP contribution in [0.2, 0.25) is 0 Å². The van der Waals surface area contributed by atoms with E-state index >= 15 is 0 Å². The molecule has 0 bridgehead atoms. The van der Waals surface area contributed by atoms with Crippen molar-refractivity contribution in [1.82, 2.24) is 4.90 Å². The number of nitrogens with zero attached hydrogens (tertiary/aromatic N) is 2. The van der Waals surface area contributed by atoms with Crippen molar-refractivity contribution in [2.24, 2.45) is 0 Å². The second-order valence-electron chi connectivity index (χ2n) is 5.69. The highest BCUT2D eigenvalue weighted by molar-refractivity contribution is 5.94. The topological polar surface area (TPSA) is 32.8 Å². The minimum atomic E-state index is 0.0639. The van der Waals surface area contributed by atoms with E-state index in [1.165, 1.54) is 5.56 Å².